The molecular weight excluding hydrogens is 290 g/mol. The molecule has 1 rings (SSSR count). The van der Waals surface area contributed by atoms with Gasteiger partial charge in [0.15, 0.2) is 11.5 Å². The Morgan fingerprint density at radius 2 is 1.81 bits per heavy atom. The summed E-state index contributed by atoms with van der Waals surface area (Å²) in [6.45, 7) is 2.34. The molecule has 1 atom stereocenters. The molecule has 0 saturated carbocycles. The molecule has 1 unspecified atom stereocenters. The second-order valence-corrected chi connectivity index (χ2v) is 5.62. The number of benzene rings is 1. The van der Waals surface area contributed by atoms with E-state index in [1.165, 1.54) is 0 Å². The summed E-state index contributed by atoms with van der Waals surface area (Å²) in [6.07, 6.45) is 0. The fraction of sp³-hybridized carbons (Fsp3) is 0.600. The summed E-state index contributed by atoms with van der Waals surface area (Å²) in [7, 11) is 9.33. The van der Waals surface area contributed by atoms with Crippen LogP contribution in [0, 0.1) is 0 Å². The zero-order valence-corrected chi connectivity index (χ0v) is 14.3. The molecule has 0 aliphatic rings. The van der Waals surface area contributed by atoms with Gasteiger partial charge in [-0.05, 0) is 32.8 Å². The molecule has 1 aromatic carbocycles. The van der Waals surface area contributed by atoms with Crippen molar-refractivity contribution in [3.63, 3.8) is 0 Å². The SMILES string of the molecule is COc1ccc(C(CN)N(C)CCN(C)C)c(Cl)c1OC. The molecule has 0 amide bonds. The minimum Gasteiger partial charge on any atom is -0.493 e. The van der Waals surface area contributed by atoms with Crippen LogP contribution in [0.3, 0.4) is 0 Å². The zero-order valence-electron chi connectivity index (χ0n) is 13.5. The summed E-state index contributed by atoms with van der Waals surface area (Å²) in [5.74, 6) is 1.18. The Labute approximate surface area is 132 Å². The van der Waals surface area contributed by atoms with Crippen molar-refractivity contribution in [1.82, 2.24) is 9.80 Å². The van der Waals surface area contributed by atoms with E-state index in [0.29, 0.717) is 23.1 Å². The van der Waals surface area contributed by atoms with E-state index < -0.39 is 0 Å². The summed E-state index contributed by atoms with van der Waals surface area (Å²) >= 11 is 6.48. The number of hydrogen-bond acceptors (Lipinski definition) is 5. The highest BCUT2D eigenvalue weighted by Gasteiger charge is 2.22. The Morgan fingerprint density at radius 1 is 1.14 bits per heavy atom. The van der Waals surface area contributed by atoms with Crippen molar-refractivity contribution in [2.45, 2.75) is 6.04 Å². The lowest BCUT2D eigenvalue weighted by Gasteiger charge is -2.29. The third kappa shape index (κ3) is 4.48. The van der Waals surface area contributed by atoms with Gasteiger partial charge in [-0.25, -0.2) is 0 Å². The van der Waals surface area contributed by atoms with Crippen molar-refractivity contribution in [2.24, 2.45) is 5.73 Å². The lowest BCUT2D eigenvalue weighted by atomic mass is 10.0. The number of ether oxygens (including phenoxy) is 2. The Morgan fingerprint density at radius 3 is 2.29 bits per heavy atom. The van der Waals surface area contributed by atoms with Gasteiger partial charge >= 0.3 is 0 Å². The number of methoxy groups -OCH3 is 2. The van der Waals surface area contributed by atoms with Crippen molar-refractivity contribution >= 4 is 11.6 Å². The predicted molar refractivity (Wildman–Crippen MR) is 87.5 cm³/mol. The number of nitrogens with two attached hydrogens (primary N) is 1. The highest BCUT2D eigenvalue weighted by Crippen LogP contribution is 2.40. The summed E-state index contributed by atoms with van der Waals surface area (Å²) in [5.41, 5.74) is 6.91. The second kappa shape index (κ2) is 8.44. The molecule has 1 aromatic rings. The van der Waals surface area contributed by atoms with Crippen LogP contribution >= 0.6 is 11.6 Å². The van der Waals surface area contributed by atoms with Crippen LogP contribution < -0.4 is 15.2 Å². The van der Waals surface area contributed by atoms with Crippen LogP contribution in [0.4, 0.5) is 0 Å². The molecule has 6 heteroatoms. The molecule has 0 radical (unpaired) electrons. The molecule has 0 saturated heterocycles. The van der Waals surface area contributed by atoms with Gasteiger partial charge in [0.25, 0.3) is 0 Å². The Kier molecular flexibility index (Phi) is 7.25. The smallest absolute Gasteiger partial charge is 0.179 e. The zero-order chi connectivity index (χ0) is 16.0. The number of hydrogen-bond donors (Lipinski definition) is 1. The first-order valence-corrected chi connectivity index (χ1v) is 7.29. The van der Waals surface area contributed by atoms with Crippen molar-refractivity contribution in [3.8, 4) is 11.5 Å². The first-order valence-electron chi connectivity index (χ1n) is 6.91. The van der Waals surface area contributed by atoms with Gasteiger partial charge < -0.3 is 20.1 Å². The van der Waals surface area contributed by atoms with E-state index in [1.807, 2.05) is 19.2 Å². The van der Waals surface area contributed by atoms with Crippen molar-refractivity contribution in [2.75, 3.05) is 55.0 Å². The van der Waals surface area contributed by atoms with E-state index in [0.717, 1.165) is 18.7 Å². The van der Waals surface area contributed by atoms with Gasteiger partial charge in [-0.2, -0.15) is 0 Å². The number of rotatable bonds is 8. The standard InChI is InChI=1S/C15H26ClN3O2/c1-18(2)8-9-19(3)12(10-17)11-6-7-13(20-4)15(21-5)14(11)16/h6-7,12H,8-10,17H2,1-5H3. The topological polar surface area (TPSA) is 51.0 Å². The molecule has 21 heavy (non-hydrogen) atoms. The van der Waals surface area contributed by atoms with Crippen LogP contribution in [0.5, 0.6) is 11.5 Å². The van der Waals surface area contributed by atoms with Crippen LogP contribution in [0.1, 0.15) is 11.6 Å². The highest BCUT2D eigenvalue weighted by atomic mass is 35.5. The van der Waals surface area contributed by atoms with E-state index >= 15 is 0 Å². The van der Waals surface area contributed by atoms with Gasteiger partial charge in [0, 0.05) is 25.7 Å². The molecule has 2 N–H and O–H groups in total. The normalized spacial score (nSPS) is 12.8. The van der Waals surface area contributed by atoms with Crippen molar-refractivity contribution in [3.05, 3.63) is 22.7 Å². The van der Waals surface area contributed by atoms with E-state index in [1.54, 1.807) is 14.2 Å². The van der Waals surface area contributed by atoms with Crippen molar-refractivity contribution < 1.29 is 9.47 Å². The highest BCUT2D eigenvalue weighted by molar-refractivity contribution is 6.33. The third-order valence-corrected chi connectivity index (χ3v) is 3.92. The summed E-state index contributed by atoms with van der Waals surface area (Å²) < 4.78 is 10.6. The van der Waals surface area contributed by atoms with E-state index in [2.05, 4.69) is 23.9 Å². The number of likely N-dealkylation sites (N-methyl/N-ethyl adjacent to an activating group) is 2. The minimum atomic E-state index is 0.0391. The molecule has 0 aromatic heterocycles. The van der Waals surface area contributed by atoms with Gasteiger partial charge in [-0.1, -0.05) is 17.7 Å². The third-order valence-electron chi connectivity index (χ3n) is 3.53. The summed E-state index contributed by atoms with van der Waals surface area (Å²) in [4.78, 5) is 4.34. The maximum Gasteiger partial charge on any atom is 0.179 e. The fourth-order valence-corrected chi connectivity index (χ4v) is 2.58. The lowest BCUT2D eigenvalue weighted by Crippen LogP contribution is -2.35. The Balaban J connectivity index is 3.05. The summed E-state index contributed by atoms with van der Waals surface area (Å²) in [6, 6.07) is 3.85. The van der Waals surface area contributed by atoms with Crippen LogP contribution in [0.15, 0.2) is 12.1 Å². The largest absolute Gasteiger partial charge is 0.493 e. The Bertz CT molecular complexity index is 455. The molecule has 0 aliphatic carbocycles. The molecular formula is C15H26ClN3O2. The van der Waals surface area contributed by atoms with Crippen LogP contribution in [-0.2, 0) is 0 Å². The average molecular weight is 316 g/mol. The van der Waals surface area contributed by atoms with E-state index in [4.69, 9.17) is 26.8 Å². The number of halogens is 1. The van der Waals surface area contributed by atoms with Crippen molar-refractivity contribution in [1.29, 1.82) is 0 Å². The van der Waals surface area contributed by atoms with Gasteiger partial charge in [-0.15, -0.1) is 0 Å². The number of nitrogens with zero attached hydrogens (tertiary/aromatic N) is 2. The predicted octanol–water partition coefficient (Wildman–Crippen LogP) is 1.85. The molecule has 0 spiro atoms. The molecule has 0 fully saturated rings. The molecule has 0 aliphatic heterocycles. The van der Waals surface area contributed by atoms with Gasteiger partial charge in [0.1, 0.15) is 0 Å². The Hall–Kier alpha value is -1.01. The van der Waals surface area contributed by atoms with Gasteiger partial charge in [-0.3, -0.25) is 4.90 Å². The quantitative estimate of drug-likeness (QED) is 0.793. The molecule has 0 heterocycles. The minimum absolute atomic E-state index is 0.0391. The van der Waals surface area contributed by atoms with E-state index in [-0.39, 0.29) is 6.04 Å². The monoisotopic (exact) mass is 315 g/mol. The van der Waals surface area contributed by atoms with E-state index in [9.17, 15) is 0 Å². The first kappa shape index (κ1) is 18.0. The molecule has 120 valence electrons. The van der Waals surface area contributed by atoms with Gasteiger partial charge in [0.2, 0.25) is 0 Å². The molecule has 0 bridgehead atoms. The summed E-state index contributed by atoms with van der Waals surface area (Å²) in [5, 5.41) is 0.559. The first-order chi connectivity index (χ1) is 9.96. The molecule has 5 nitrogen and oxygen atoms in total. The lowest BCUT2D eigenvalue weighted by molar-refractivity contribution is 0.222. The van der Waals surface area contributed by atoms with Crippen LogP contribution in [0.25, 0.3) is 0 Å². The maximum absolute atomic E-state index is 6.48. The van der Waals surface area contributed by atoms with Gasteiger partial charge in [0.05, 0.1) is 19.2 Å². The van der Waals surface area contributed by atoms with Crippen LogP contribution in [-0.4, -0.2) is 64.8 Å². The second-order valence-electron chi connectivity index (χ2n) is 5.24. The maximum atomic E-state index is 6.48. The average Bonchev–Trinajstić information content (AvgIpc) is 2.46. The fourth-order valence-electron chi connectivity index (χ4n) is 2.22. The van der Waals surface area contributed by atoms with Crippen LogP contribution in [0.2, 0.25) is 5.02 Å².